The van der Waals surface area contributed by atoms with E-state index in [4.69, 9.17) is 15.7 Å². The summed E-state index contributed by atoms with van der Waals surface area (Å²) in [5.74, 6) is -0.0479. The smallest absolute Gasteiger partial charge is 0.236 e. The molecule has 1 atom stereocenters. The van der Waals surface area contributed by atoms with Gasteiger partial charge in [0, 0.05) is 19.7 Å². The number of piperidine rings is 1. The number of carbonyl (C=O) groups excluding carboxylic acids is 1. The van der Waals surface area contributed by atoms with Crippen molar-refractivity contribution in [3.05, 3.63) is 0 Å². The Labute approximate surface area is 120 Å². The second-order valence-electron chi connectivity index (χ2n) is 5.25. The van der Waals surface area contributed by atoms with Gasteiger partial charge >= 0.3 is 0 Å². The number of amidine groups is 1. The van der Waals surface area contributed by atoms with Gasteiger partial charge in [0.15, 0.2) is 5.84 Å². The third kappa shape index (κ3) is 3.23. The molecule has 0 radical (unpaired) electrons. The highest BCUT2D eigenvalue weighted by atomic mass is 16.5. The van der Waals surface area contributed by atoms with Crippen LogP contribution in [0.4, 0.5) is 0 Å². The molecule has 3 N–H and O–H groups in total. The summed E-state index contributed by atoms with van der Waals surface area (Å²) in [6, 6.07) is 0. The molecule has 1 saturated heterocycles. The van der Waals surface area contributed by atoms with Gasteiger partial charge < -0.3 is 20.6 Å². The van der Waals surface area contributed by atoms with Crippen LogP contribution in [0.2, 0.25) is 0 Å². The van der Waals surface area contributed by atoms with Crippen LogP contribution >= 0.6 is 0 Å². The molecule has 0 saturated carbocycles. The van der Waals surface area contributed by atoms with Gasteiger partial charge in [-0.3, -0.25) is 4.79 Å². The number of hydrogen-bond donors (Lipinski definition) is 2. The van der Waals surface area contributed by atoms with Crippen LogP contribution in [-0.4, -0.2) is 47.7 Å². The van der Waals surface area contributed by atoms with E-state index in [0.717, 1.165) is 12.8 Å². The molecule has 0 aromatic rings. The molecule has 0 spiro atoms. The number of oxime groups is 1. The highest BCUT2D eigenvalue weighted by Gasteiger charge is 2.43. The fourth-order valence-corrected chi connectivity index (χ4v) is 2.92. The Morgan fingerprint density at radius 1 is 1.45 bits per heavy atom. The Balaban J connectivity index is 2.90. The number of nitrogens with zero attached hydrogens (tertiary/aromatic N) is 2. The number of amides is 1. The molecule has 6 heteroatoms. The van der Waals surface area contributed by atoms with Gasteiger partial charge in [0.2, 0.25) is 5.91 Å². The molecule has 0 bridgehead atoms. The number of ether oxygens (including phenoxy) is 1. The van der Waals surface area contributed by atoms with E-state index in [9.17, 15) is 4.79 Å². The van der Waals surface area contributed by atoms with E-state index < -0.39 is 5.41 Å². The van der Waals surface area contributed by atoms with Crippen molar-refractivity contribution in [2.75, 3.05) is 19.7 Å². The molecule has 1 aliphatic heterocycles. The lowest BCUT2D eigenvalue weighted by Crippen LogP contribution is -2.54. The zero-order chi connectivity index (χ0) is 15.2. The minimum atomic E-state index is -0.900. The predicted molar refractivity (Wildman–Crippen MR) is 77.7 cm³/mol. The highest BCUT2D eigenvalue weighted by Crippen LogP contribution is 2.31. The van der Waals surface area contributed by atoms with Crippen LogP contribution in [0.15, 0.2) is 5.16 Å². The molecule has 6 nitrogen and oxygen atoms in total. The Bertz CT molecular complexity index is 352. The summed E-state index contributed by atoms with van der Waals surface area (Å²) in [6.07, 6.45) is 3.04. The van der Waals surface area contributed by atoms with Crippen molar-refractivity contribution in [1.29, 1.82) is 0 Å². The third-order valence-electron chi connectivity index (χ3n) is 4.28. The van der Waals surface area contributed by atoms with Gasteiger partial charge in [0.25, 0.3) is 0 Å². The van der Waals surface area contributed by atoms with E-state index in [0.29, 0.717) is 32.5 Å². The van der Waals surface area contributed by atoms with Crippen molar-refractivity contribution in [3.8, 4) is 0 Å². The predicted octanol–water partition coefficient (Wildman–Crippen LogP) is 1.57. The van der Waals surface area contributed by atoms with Crippen LogP contribution in [0.1, 0.15) is 46.5 Å². The lowest BCUT2D eigenvalue weighted by atomic mass is 9.79. The zero-order valence-corrected chi connectivity index (χ0v) is 12.8. The zero-order valence-electron chi connectivity index (χ0n) is 12.8. The molecule has 1 rings (SSSR count). The van der Waals surface area contributed by atoms with Gasteiger partial charge in [-0.1, -0.05) is 19.0 Å². The normalized spacial score (nSPS) is 21.1. The molecule has 1 amide bonds. The third-order valence-corrected chi connectivity index (χ3v) is 4.28. The first-order valence-electron chi connectivity index (χ1n) is 7.44. The average molecular weight is 285 g/mol. The summed E-state index contributed by atoms with van der Waals surface area (Å²) < 4.78 is 5.63. The standard InChI is InChI=1S/C14H27N3O3/c1-4-14(5-2,12(15)16-19)13(18)17-9-7-8-11(10-17)20-6-3/h11,19H,4-10H2,1-3H3,(H2,15,16). The fourth-order valence-electron chi connectivity index (χ4n) is 2.92. The number of hydrogen-bond acceptors (Lipinski definition) is 4. The Morgan fingerprint density at radius 2 is 2.10 bits per heavy atom. The highest BCUT2D eigenvalue weighted by molar-refractivity contribution is 6.06. The van der Waals surface area contributed by atoms with Crippen molar-refractivity contribution >= 4 is 11.7 Å². The minimum absolute atomic E-state index is 0.00559. The SMILES string of the molecule is CCOC1CCCN(C(=O)C(CC)(CC)C(N)=NO)C1. The molecule has 20 heavy (non-hydrogen) atoms. The summed E-state index contributed by atoms with van der Waals surface area (Å²) >= 11 is 0. The van der Waals surface area contributed by atoms with E-state index in [1.807, 2.05) is 20.8 Å². The van der Waals surface area contributed by atoms with Crippen LogP contribution in [0.5, 0.6) is 0 Å². The monoisotopic (exact) mass is 285 g/mol. The van der Waals surface area contributed by atoms with Gasteiger partial charge in [0.1, 0.15) is 5.41 Å². The summed E-state index contributed by atoms with van der Waals surface area (Å²) in [7, 11) is 0. The molecule has 0 aromatic carbocycles. The summed E-state index contributed by atoms with van der Waals surface area (Å²) in [6.45, 7) is 7.70. The van der Waals surface area contributed by atoms with Gasteiger partial charge in [-0.25, -0.2) is 0 Å². The van der Waals surface area contributed by atoms with Crippen LogP contribution < -0.4 is 5.73 Å². The van der Waals surface area contributed by atoms with Crippen LogP contribution in [-0.2, 0) is 9.53 Å². The van der Waals surface area contributed by atoms with Gasteiger partial charge in [-0.05, 0) is 32.6 Å². The maximum Gasteiger partial charge on any atom is 0.236 e. The number of rotatable bonds is 6. The van der Waals surface area contributed by atoms with Crippen molar-refractivity contribution < 1.29 is 14.7 Å². The van der Waals surface area contributed by atoms with E-state index in [2.05, 4.69) is 5.16 Å². The molecule has 0 aromatic heterocycles. The first kappa shape index (κ1) is 16.8. The molecule has 1 fully saturated rings. The molecule has 1 heterocycles. The molecule has 1 unspecified atom stereocenters. The Morgan fingerprint density at radius 3 is 2.60 bits per heavy atom. The minimum Gasteiger partial charge on any atom is -0.409 e. The van der Waals surface area contributed by atoms with Gasteiger partial charge in [-0.15, -0.1) is 0 Å². The summed E-state index contributed by atoms with van der Waals surface area (Å²) in [5.41, 5.74) is 4.90. The van der Waals surface area contributed by atoms with E-state index in [1.165, 1.54) is 0 Å². The maximum absolute atomic E-state index is 12.8. The first-order chi connectivity index (χ1) is 9.55. The first-order valence-corrected chi connectivity index (χ1v) is 7.44. The summed E-state index contributed by atoms with van der Waals surface area (Å²) in [5, 5.41) is 12.1. The van der Waals surface area contributed by atoms with Crippen LogP contribution in [0, 0.1) is 5.41 Å². The molecule has 116 valence electrons. The van der Waals surface area contributed by atoms with Crippen molar-refractivity contribution in [3.63, 3.8) is 0 Å². The van der Waals surface area contributed by atoms with Gasteiger partial charge in [-0.2, -0.15) is 0 Å². The van der Waals surface area contributed by atoms with Crippen molar-refractivity contribution in [1.82, 2.24) is 4.90 Å². The van der Waals surface area contributed by atoms with E-state index >= 15 is 0 Å². The van der Waals surface area contributed by atoms with Gasteiger partial charge in [0.05, 0.1) is 6.10 Å². The topological polar surface area (TPSA) is 88.2 Å². The van der Waals surface area contributed by atoms with Crippen molar-refractivity contribution in [2.45, 2.75) is 52.6 Å². The average Bonchev–Trinajstić information content (AvgIpc) is 2.49. The lowest BCUT2D eigenvalue weighted by Gasteiger charge is -2.39. The quantitative estimate of drug-likeness (QED) is 0.335. The number of nitrogens with two attached hydrogens (primary N) is 1. The maximum atomic E-state index is 12.8. The largest absolute Gasteiger partial charge is 0.409 e. The lowest BCUT2D eigenvalue weighted by molar-refractivity contribution is -0.143. The fraction of sp³-hybridized carbons (Fsp3) is 0.857. The molecular formula is C14H27N3O3. The molecule has 0 aliphatic carbocycles. The van der Waals surface area contributed by atoms with Crippen molar-refractivity contribution in [2.24, 2.45) is 16.3 Å². The number of likely N-dealkylation sites (tertiary alicyclic amines) is 1. The molecular weight excluding hydrogens is 258 g/mol. The Hall–Kier alpha value is -1.30. The van der Waals surface area contributed by atoms with E-state index in [-0.39, 0.29) is 17.8 Å². The second kappa shape index (κ2) is 7.47. The number of carbonyl (C=O) groups is 1. The van der Waals surface area contributed by atoms with Crippen LogP contribution in [0.3, 0.4) is 0 Å². The molecule has 1 aliphatic rings. The Kier molecular flexibility index (Phi) is 6.26. The van der Waals surface area contributed by atoms with Crippen LogP contribution in [0.25, 0.3) is 0 Å². The van der Waals surface area contributed by atoms with E-state index in [1.54, 1.807) is 4.90 Å². The summed E-state index contributed by atoms with van der Waals surface area (Å²) in [4.78, 5) is 14.6. The second-order valence-corrected chi connectivity index (χ2v) is 5.25.